The van der Waals surface area contributed by atoms with Gasteiger partial charge in [0.1, 0.15) is 4.32 Å². The molecule has 0 aromatic rings. The number of thiol groups is 1. The summed E-state index contributed by atoms with van der Waals surface area (Å²) in [6.07, 6.45) is 6.60. The minimum Gasteiger partial charge on any atom is -1.00 e. The van der Waals surface area contributed by atoms with Crippen molar-refractivity contribution < 1.29 is 31.0 Å². The van der Waals surface area contributed by atoms with Crippen LogP contribution in [0.4, 0.5) is 0 Å². The van der Waals surface area contributed by atoms with E-state index in [0.717, 1.165) is 0 Å². The smallest absolute Gasteiger partial charge is 1.00 e. The van der Waals surface area contributed by atoms with Crippen molar-refractivity contribution in [1.82, 2.24) is 5.32 Å². The molecular formula is C7H14NNaS2. The zero-order valence-corrected chi connectivity index (χ0v) is 10.7. The van der Waals surface area contributed by atoms with Crippen molar-refractivity contribution in [3.8, 4) is 0 Å². The monoisotopic (exact) mass is 199 g/mol. The van der Waals surface area contributed by atoms with Gasteiger partial charge in [-0.05, 0) is 12.8 Å². The van der Waals surface area contributed by atoms with E-state index in [1.807, 2.05) is 0 Å². The molecule has 0 amide bonds. The first-order valence-corrected chi connectivity index (χ1v) is 4.64. The molecule has 0 unspecified atom stereocenters. The molecule has 0 radical (unpaired) electrons. The zero-order valence-electron chi connectivity index (χ0n) is 7.97. The summed E-state index contributed by atoms with van der Waals surface area (Å²) < 4.78 is 0.645. The Bertz CT molecular complexity index is 129. The van der Waals surface area contributed by atoms with Crippen LogP contribution in [0, 0.1) is 0 Å². The quantitative estimate of drug-likeness (QED) is 0.327. The van der Waals surface area contributed by atoms with Crippen molar-refractivity contribution in [2.24, 2.45) is 0 Å². The number of thiocarbonyl (C=S) groups is 1. The van der Waals surface area contributed by atoms with Crippen LogP contribution in [0.2, 0.25) is 0 Å². The predicted octanol–water partition coefficient (Wildman–Crippen LogP) is -0.760. The van der Waals surface area contributed by atoms with Crippen LogP contribution in [0.1, 0.15) is 33.5 Å². The fourth-order valence-electron chi connectivity index (χ4n) is 1.42. The van der Waals surface area contributed by atoms with E-state index in [0.29, 0.717) is 10.4 Å². The molecule has 1 aliphatic rings. The van der Waals surface area contributed by atoms with Gasteiger partial charge in [0.25, 0.3) is 0 Å². The SMILES string of the molecule is S=C(S)NC1CCCCC1.[H-].[Na+]. The Kier molecular flexibility index (Phi) is 7.48. The number of nitrogens with one attached hydrogen (secondary N) is 1. The van der Waals surface area contributed by atoms with E-state index in [2.05, 4.69) is 17.9 Å². The molecule has 0 atom stereocenters. The maximum absolute atomic E-state index is 4.83. The van der Waals surface area contributed by atoms with E-state index in [-0.39, 0.29) is 31.0 Å². The Morgan fingerprint density at radius 2 is 1.91 bits per heavy atom. The van der Waals surface area contributed by atoms with Gasteiger partial charge in [0.05, 0.1) is 0 Å². The van der Waals surface area contributed by atoms with E-state index in [1.165, 1.54) is 32.1 Å². The fraction of sp³-hybridized carbons (Fsp3) is 0.857. The van der Waals surface area contributed by atoms with Crippen molar-refractivity contribution >= 4 is 29.2 Å². The molecule has 4 heteroatoms. The molecule has 0 bridgehead atoms. The van der Waals surface area contributed by atoms with Gasteiger partial charge in [0.15, 0.2) is 0 Å². The molecule has 1 fully saturated rings. The third-order valence-corrected chi connectivity index (χ3v) is 2.18. The van der Waals surface area contributed by atoms with Crippen LogP contribution >= 0.6 is 24.8 Å². The summed E-state index contributed by atoms with van der Waals surface area (Å²) >= 11 is 8.86. The molecule has 0 spiro atoms. The van der Waals surface area contributed by atoms with Gasteiger partial charge < -0.3 is 6.74 Å². The molecule has 0 saturated heterocycles. The Hall–Kier alpha value is 1.24. The Morgan fingerprint density at radius 1 is 1.36 bits per heavy atom. The molecule has 60 valence electrons. The number of hydrogen-bond donors (Lipinski definition) is 2. The zero-order chi connectivity index (χ0) is 7.40. The molecule has 1 aliphatic carbocycles. The second-order valence-corrected chi connectivity index (χ2v) is 3.94. The predicted molar refractivity (Wildman–Crippen MR) is 52.7 cm³/mol. The fourth-order valence-corrected chi connectivity index (χ4v) is 1.77. The molecule has 0 aromatic heterocycles. The van der Waals surface area contributed by atoms with Gasteiger partial charge in [-0.15, -0.1) is 12.6 Å². The van der Waals surface area contributed by atoms with Crippen LogP contribution in [0.25, 0.3) is 0 Å². The summed E-state index contributed by atoms with van der Waals surface area (Å²) in [5, 5.41) is 3.18. The molecular weight excluding hydrogens is 185 g/mol. The first kappa shape index (κ1) is 12.2. The van der Waals surface area contributed by atoms with Gasteiger partial charge >= 0.3 is 29.6 Å². The summed E-state index contributed by atoms with van der Waals surface area (Å²) in [6, 6.07) is 0.610. The average Bonchev–Trinajstić information content (AvgIpc) is 1.88. The van der Waals surface area contributed by atoms with Crippen LogP contribution in [0.3, 0.4) is 0 Å². The molecule has 11 heavy (non-hydrogen) atoms. The maximum Gasteiger partial charge on any atom is 1.00 e. The van der Waals surface area contributed by atoms with E-state index in [1.54, 1.807) is 0 Å². The van der Waals surface area contributed by atoms with Gasteiger partial charge in [-0.25, -0.2) is 0 Å². The molecule has 0 aliphatic heterocycles. The average molecular weight is 199 g/mol. The minimum atomic E-state index is 0. The van der Waals surface area contributed by atoms with Gasteiger partial charge in [0.2, 0.25) is 0 Å². The Morgan fingerprint density at radius 3 is 2.36 bits per heavy atom. The van der Waals surface area contributed by atoms with Crippen molar-refractivity contribution in [1.29, 1.82) is 0 Å². The summed E-state index contributed by atoms with van der Waals surface area (Å²) in [4.78, 5) is 0. The van der Waals surface area contributed by atoms with Crippen LogP contribution in [-0.4, -0.2) is 10.4 Å². The van der Waals surface area contributed by atoms with Gasteiger partial charge in [0, 0.05) is 6.04 Å². The van der Waals surface area contributed by atoms with Gasteiger partial charge in [-0.1, -0.05) is 31.5 Å². The summed E-state index contributed by atoms with van der Waals surface area (Å²) in [5.41, 5.74) is 0. The van der Waals surface area contributed by atoms with Crippen LogP contribution in [0.15, 0.2) is 0 Å². The number of hydrogen-bond acceptors (Lipinski definition) is 1. The van der Waals surface area contributed by atoms with Crippen LogP contribution < -0.4 is 34.9 Å². The second kappa shape index (κ2) is 6.72. The largest absolute Gasteiger partial charge is 1.00 e. The first-order chi connectivity index (χ1) is 4.79. The van der Waals surface area contributed by atoms with Crippen molar-refractivity contribution in [3.05, 3.63) is 0 Å². The normalized spacial score (nSPS) is 18.6. The van der Waals surface area contributed by atoms with E-state index >= 15 is 0 Å². The Balaban J connectivity index is 0. The molecule has 0 aromatic carbocycles. The third kappa shape index (κ3) is 5.47. The molecule has 1 N–H and O–H groups in total. The molecule has 1 nitrogen and oxygen atoms in total. The first-order valence-electron chi connectivity index (χ1n) is 3.78. The topological polar surface area (TPSA) is 12.0 Å². The second-order valence-electron chi connectivity index (χ2n) is 2.78. The van der Waals surface area contributed by atoms with Crippen molar-refractivity contribution in [2.45, 2.75) is 38.1 Å². The Labute approximate surface area is 103 Å². The van der Waals surface area contributed by atoms with E-state index in [4.69, 9.17) is 12.2 Å². The summed E-state index contributed by atoms with van der Waals surface area (Å²) in [5.74, 6) is 0. The van der Waals surface area contributed by atoms with Crippen molar-refractivity contribution in [2.75, 3.05) is 0 Å². The van der Waals surface area contributed by atoms with Gasteiger partial charge in [-0.2, -0.15) is 0 Å². The summed E-state index contributed by atoms with van der Waals surface area (Å²) in [7, 11) is 0. The van der Waals surface area contributed by atoms with E-state index < -0.39 is 0 Å². The maximum atomic E-state index is 4.83. The van der Waals surface area contributed by atoms with E-state index in [9.17, 15) is 0 Å². The standard InChI is InChI=1S/C7H13NS2.Na.H/c9-7(10)8-6-4-2-1-3-5-6;;/h6H,1-5H2,(H2,8,9,10);;/q;+1;-1. The third-order valence-electron chi connectivity index (χ3n) is 1.93. The molecule has 1 rings (SSSR count). The van der Waals surface area contributed by atoms with Crippen LogP contribution in [0.5, 0.6) is 0 Å². The van der Waals surface area contributed by atoms with Gasteiger partial charge in [-0.3, -0.25) is 0 Å². The molecule has 0 heterocycles. The number of rotatable bonds is 1. The minimum absolute atomic E-state index is 0. The molecule has 1 saturated carbocycles. The van der Waals surface area contributed by atoms with Crippen LogP contribution in [-0.2, 0) is 0 Å². The summed E-state index contributed by atoms with van der Waals surface area (Å²) in [6.45, 7) is 0. The van der Waals surface area contributed by atoms with Crippen molar-refractivity contribution in [3.63, 3.8) is 0 Å².